The van der Waals surface area contributed by atoms with E-state index < -0.39 is 27.6 Å². The Labute approximate surface area is 239 Å². The van der Waals surface area contributed by atoms with E-state index in [-0.39, 0.29) is 10.5 Å². The summed E-state index contributed by atoms with van der Waals surface area (Å²) in [7, 11) is -3.68. The molecule has 0 aliphatic carbocycles. The van der Waals surface area contributed by atoms with Crippen LogP contribution < -0.4 is 9.46 Å². The topological polar surface area (TPSA) is 119 Å². The second-order valence-corrected chi connectivity index (χ2v) is 12.9. The molecule has 2 N–H and O–H groups in total. The molecule has 0 aliphatic rings. The van der Waals surface area contributed by atoms with Crippen molar-refractivity contribution in [3.63, 3.8) is 0 Å². The molecule has 0 fully saturated rings. The first-order valence-electron chi connectivity index (χ1n) is 13.2. The number of carbonyl (C=O) groups is 1. The van der Waals surface area contributed by atoms with E-state index in [1.807, 2.05) is 51.1 Å². The molecule has 0 bridgehead atoms. The molecule has 1 atom stereocenters. The Morgan fingerprint density at radius 2 is 1.71 bits per heavy atom. The van der Waals surface area contributed by atoms with Gasteiger partial charge in [-0.25, -0.2) is 22.9 Å². The van der Waals surface area contributed by atoms with Gasteiger partial charge in [0, 0.05) is 16.5 Å². The summed E-state index contributed by atoms with van der Waals surface area (Å²) in [6, 6.07) is 19.2. The molecule has 0 radical (unpaired) electrons. The van der Waals surface area contributed by atoms with E-state index in [4.69, 9.17) is 14.1 Å². The largest absolute Gasteiger partial charge is 0.485 e. The number of hydrogen-bond acceptors (Lipinski definition) is 6. The Balaban J connectivity index is 1.54. The van der Waals surface area contributed by atoms with Crippen molar-refractivity contribution in [1.29, 1.82) is 0 Å². The van der Waals surface area contributed by atoms with Gasteiger partial charge in [-0.3, -0.25) is 0 Å². The normalized spacial score (nSPS) is 13.0. The second-order valence-electron chi connectivity index (χ2n) is 11.2. The van der Waals surface area contributed by atoms with E-state index in [9.17, 15) is 18.3 Å². The van der Waals surface area contributed by atoms with Crippen molar-refractivity contribution >= 4 is 37.9 Å². The molecule has 0 aliphatic heterocycles. The summed E-state index contributed by atoms with van der Waals surface area (Å²) in [6.07, 6.45) is -0.507. The number of nitrogens with zero attached hydrogens (tertiary/aromatic N) is 1. The number of aromatic nitrogens is 1. The number of para-hydroxylation sites is 1. The molecule has 0 spiro atoms. The molecule has 9 heteroatoms. The summed E-state index contributed by atoms with van der Waals surface area (Å²) in [5.41, 5.74) is 3.47. The molecule has 0 saturated heterocycles. The second kappa shape index (κ2) is 10.3. The first-order chi connectivity index (χ1) is 19.2. The van der Waals surface area contributed by atoms with Crippen molar-refractivity contribution in [2.45, 2.75) is 58.1 Å². The van der Waals surface area contributed by atoms with Crippen LogP contribution in [0.2, 0.25) is 0 Å². The van der Waals surface area contributed by atoms with E-state index in [1.54, 1.807) is 39.0 Å². The van der Waals surface area contributed by atoms with Crippen LogP contribution in [-0.2, 0) is 10.0 Å². The number of pyridine rings is 1. The molecule has 2 heterocycles. The SMILES string of the molecule is Cc1c(-c2cc(C(=O)O)c3c(OC(C)c4ccc(S(=O)(=O)NC(C)(C)C)cc4)ccc(C)c3n2)oc2ccccc12. The Bertz CT molecular complexity index is 1900. The van der Waals surface area contributed by atoms with Gasteiger partial charge in [0.05, 0.1) is 21.4 Å². The standard InChI is InChI=1S/C32H32N2O6S/c1-18-11-16-27(39-20(3)21-12-14-22(15-13-21)41(37,38)34-32(4,5)6)28-24(31(35)36)17-25(33-29(18)28)30-19(2)23-9-7-8-10-26(23)40-30/h7-17,20,34H,1-6H3,(H,35,36). The van der Waals surface area contributed by atoms with Crippen LogP contribution in [0.4, 0.5) is 0 Å². The van der Waals surface area contributed by atoms with Crippen molar-refractivity contribution in [2.75, 3.05) is 0 Å². The first kappa shape index (κ1) is 28.3. The number of hydrogen-bond donors (Lipinski definition) is 2. The van der Waals surface area contributed by atoms with Crippen molar-refractivity contribution in [1.82, 2.24) is 9.71 Å². The lowest BCUT2D eigenvalue weighted by atomic mass is 10.0. The predicted octanol–water partition coefficient (Wildman–Crippen LogP) is 7.18. The van der Waals surface area contributed by atoms with Gasteiger partial charge in [0.2, 0.25) is 10.0 Å². The molecule has 212 valence electrons. The Morgan fingerprint density at radius 1 is 1.02 bits per heavy atom. The monoisotopic (exact) mass is 572 g/mol. The van der Waals surface area contributed by atoms with Crippen LogP contribution in [0, 0.1) is 13.8 Å². The summed E-state index contributed by atoms with van der Waals surface area (Å²) in [6.45, 7) is 11.0. The summed E-state index contributed by atoms with van der Waals surface area (Å²) < 4.78 is 40.4. The Hall–Kier alpha value is -4.21. The number of rotatable bonds is 7. The summed E-state index contributed by atoms with van der Waals surface area (Å²) in [4.78, 5) is 17.5. The van der Waals surface area contributed by atoms with E-state index in [1.165, 1.54) is 18.2 Å². The molecular formula is C32H32N2O6S. The van der Waals surface area contributed by atoms with Gasteiger partial charge in [-0.2, -0.15) is 0 Å². The molecule has 8 nitrogen and oxygen atoms in total. The molecule has 41 heavy (non-hydrogen) atoms. The average Bonchev–Trinajstić information content (AvgIpc) is 3.25. The number of fused-ring (bicyclic) bond motifs is 2. The number of furan rings is 1. The maximum absolute atomic E-state index is 12.7. The highest BCUT2D eigenvalue weighted by Gasteiger charge is 2.24. The van der Waals surface area contributed by atoms with E-state index in [0.29, 0.717) is 33.7 Å². The number of sulfonamides is 1. The number of carboxylic acid groups (broad SMARTS) is 1. The van der Waals surface area contributed by atoms with Gasteiger partial charge >= 0.3 is 5.97 Å². The van der Waals surface area contributed by atoms with Crippen LogP contribution in [0.5, 0.6) is 5.75 Å². The van der Waals surface area contributed by atoms with Crippen molar-refractivity contribution in [3.8, 4) is 17.2 Å². The van der Waals surface area contributed by atoms with Crippen LogP contribution in [0.3, 0.4) is 0 Å². The van der Waals surface area contributed by atoms with Gasteiger partial charge in [-0.15, -0.1) is 0 Å². The minimum absolute atomic E-state index is 0.0467. The van der Waals surface area contributed by atoms with Gasteiger partial charge in [0.25, 0.3) is 0 Å². The Morgan fingerprint density at radius 3 is 2.34 bits per heavy atom. The summed E-state index contributed by atoms with van der Waals surface area (Å²) in [5, 5.41) is 11.6. The van der Waals surface area contributed by atoms with Gasteiger partial charge in [0.1, 0.15) is 23.1 Å². The lowest BCUT2D eigenvalue weighted by Gasteiger charge is -2.21. The third-order valence-electron chi connectivity index (χ3n) is 6.83. The zero-order valence-corrected chi connectivity index (χ0v) is 24.6. The number of nitrogens with one attached hydrogen (secondary N) is 1. The molecule has 5 aromatic rings. The van der Waals surface area contributed by atoms with Gasteiger partial charge in [-0.1, -0.05) is 36.4 Å². The summed E-state index contributed by atoms with van der Waals surface area (Å²) >= 11 is 0. The fraction of sp³-hybridized carbons (Fsp3) is 0.250. The number of ether oxygens (including phenoxy) is 1. The number of carboxylic acids is 1. The predicted molar refractivity (Wildman–Crippen MR) is 159 cm³/mol. The minimum Gasteiger partial charge on any atom is -0.485 e. The van der Waals surface area contributed by atoms with E-state index >= 15 is 0 Å². The molecule has 1 unspecified atom stereocenters. The number of aromatic carboxylic acids is 1. The zero-order chi connectivity index (χ0) is 29.7. The fourth-order valence-corrected chi connectivity index (χ4v) is 6.30. The molecule has 0 saturated carbocycles. The van der Waals surface area contributed by atoms with Crippen molar-refractivity contribution in [2.24, 2.45) is 0 Å². The highest BCUT2D eigenvalue weighted by atomic mass is 32.2. The Kier molecular flexibility index (Phi) is 7.13. The zero-order valence-electron chi connectivity index (χ0n) is 23.8. The third kappa shape index (κ3) is 5.55. The van der Waals surface area contributed by atoms with Crippen LogP contribution in [0.1, 0.15) is 60.8 Å². The van der Waals surface area contributed by atoms with Gasteiger partial charge in [0.15, 0.2) is 5.76 Å². The van der Waals surface area contributed by atoms with Crippen LogP contribution in [-0.4, -0.2) is 30.0 Å². The van der Waals surface area contributed by atoms with E-state index in [0.717, 1.165) is 22.1 Å². The highest BCUT2D eigenvalue weighted by Crippen LogP contribution is 2.38. The van der Waals surface area contributed by atoms with Crippen LogP contribution in [0.25, 0.3) is 33.3 Å². The molecular weight excluding hydrogens is 540 g/mol. The van der Waals surface area contributed by atoms with Crippen molar-refractivity contribution < 1.29 is 27.5 Å². The molecule has 5 rings (SSSR count). The molecule has 3 aromatic carbocycles. The lowest BCUT2D eigenvalue weighted by Crippen LogP contribution is -2.40. The number of aryl methyl sites for hydroxylation is 2. The fourth-order valence-electron chi connectivity index (χ4n) is 4.88. The quantitative estimate of drug-likeness (QED) is 0.212. The van der Waals surface area contributed by atoms with E-state index in [2.05, 4.69) is 4.72 Å². The summed E-state index contributed by atoms with van der Waals surface area (Å²) in [5.74, 6) is -0.232. The maximum Gasteiger partial charge on any atom is 0.336 e. The van der Waals surface area contributed by atoms with Gasteiger partial charge < -0.3 is 14.3 Å². The number of benzene rings is 3. The molecule has 0 amide bonds. The lowest BCUT2D eigenvalue weighted by molar-refractivity contribution is 0.0698. The smallest absolute Gasteiger partial charge is 0.336 e. The van der Waals surface area contributed by atoms with Crippen LogP contribution in [0.15, 0.2) is 76.0 Å². The third-order valence-corrected chi connectivity index (χ3v) is 8.61. The van der Waals surface area contributed by atoms with Gasteiger partial charge in [-0.05, 0) is 83.0 Å². The van der Waals surface area contributed by atoms with Crippen LogP contribution >= 0.6 is 0 Å². The maximum atomic E-state index is 12.7. The first-order valence-corrected chi connectivity index (χ1v) is 14.7. The average molecular weight is 573 g/mol. The minimum atomic E-state index is -3.68. The molecule has 2 aromatic heterocycles. The van der Waals surface area contributed by atoms with Crippen molar-refractivity contribution in [3.05, 3.63) is 89.0 Å². The highest BCUT2D eigenvalue weighted by molar-refractivity contribution is 7.89.